The lowest BCUT2D eigenvalue weighted by atomic mass is 9.95. The van der Waals surface area contributed by atoms with Crippen molar-refractivity contribution in [2.45, 2.75) is 19.5 Å². The van der Waals surface area contributed by atoms with Gasteiger partial charge in [-0.15, -0.1) is 0 Å². The molecule has 0 aromatic heterocycles. The third-order valence-corrected chi connectivity index (χ3v) is 2.19. The molecule has 1 aromatic carbocycles. The van der Waals surface area contributed by atoms with Crippen LogP contribution in [0.25, 0.3) is 0 Å². The molecular weight excluding hydrogens is 191 g/mol. The lowest BCUT2D eigenvalue weighted by molar-refractivity contribution is 0.196. The van der Waals surface area contributed by atoms with Crippen LogP contribution in [0.5, 0.6) is 0 Å². The highest BCUT2D eigenvalue weighted by atomic mass is 19.2. The van der Waals surface area contributed by atoms with E-state index in [0.29, 0.717) is 6.07 Å². The van der Waals surface area contributed by atoms with Crippen molar-refractivity contribution in [1.29, 1.82) is 0 Å². The molecule has 1 aromatic rings. The number of hydrogen-bond acceptors (Lipinski definition) is 1. The fourth-order valence-electron chi connectivity index (χ4n) is 1.17. The maximum atomic E-state index is 13.6. The predicted octanol–water partition coefficient (Wildman–Crippen LogP) is 2.42. The van der Waals surface area contributed by atoms with Gasteiger partial charge in [-0.2, -0.15) is 0 Å². The van der Waals surface area contributed by atoms with E-state index in [4.69, 9.17) is 5.73 Å². The van der Waals surface area contributed by atoms with Gasteiger partial charge >= 0.3 is 0 Å². The van der Waals surface area contributed by atoms with E-state index in [-0.39, 0.29) is 17.7 Å². The molecule has 78 valence electrons. The molecule has 0 aliphatic heterocycles. The number of benzene rings is 1. The topological polar surface area (TPSA) is 26.0 Å². The summed E-state index contributed by atoms with van der Waals surface area (Å²) in [6, 6.07) is 1.83. The molecule has 0 amide bonds. The lowest BCUT2D eigenvalue weighted by Crippen LogP contribution is -2.28. The Kier molecular flexibility index (Phi) is 2.85. The minimum absolute atomic E-state index is 0.195. The maximum absolute atomic E-state index is 13.6. The van der Waals surface area contributed by atoms with Gasteiger partial charge in [0.15, 0.2) is 0 Å². The Balaban J connectivity index is 3.29. The molecule has 1 nitrogen and oxygen atoms in total. The summed E-state index contributed by atoms with van der Waals surface area (Å²) in [5.41, 5.74) is 3.22. The molecule has 0 saturated heterocycles. The Morgan fingerprint density at radius 1 is 1.29 bits per heavy atom. The van der Waals surface area contributed by atoms with Crippen molar-refractivity contribution in [3.05, 3.63) is 34.9 Å². The second kappa shape index (κ2) is 3.61. The van der Waals surface area contributed by atoms with Crippen molar-refractivity contribution >= 4 is 0 Å². The van der Waals surface area contributed by atoms with E-state index in [1.165, 1.54) is 13.8 Å². The molecule has 2 N–H and O–H groups in total. The van der Waals surface area contributed by atoms with Gasteiger partial charge in [-0.3, -0.25) is 0 Å². The average Bonchev–Trinajstić information content (AvgIpc) is 2.11. The van der Waals surface area contributed by atoms with E-state index >= 15 is 0 Å². The van der Waals surface area contributed by atoms with Crippen LogP contribution in [0.1, 0.15) is 18.1 Å². The van der Waals surface area contributed by atoms with Gasteiger partial charge in [0.25, 0.3) is 0 Å². The van der Waals surface area contributed by atoms with Crippen LogP contribution >= 0.6 is 0 Å². The summed E-state index contributed by atoms with van der Waals surface area (Å²) in [5, 5.41) is 0. The van der Waals surface area contributed by atoms with Gasteiger partial charge in [-0.05, 0) is 25.5 Å². The Morgan fingerprint density at radius 3 is 2.36 bits per heavy atom. The molecule has 0 fully saturated rings. The smallest absolute Gasteiger partial charge is 0.148 e. The van der Waals surface area contributed by atoms with Crippen LogP contribution in [0, 0.1) is 18.6 Å². The van der Waals surface area contributed by atoms with Crippen molar-refractivity contribution in [2.24, 2.45) is 5.73 Å². The van der Waals surface area contributed by atoms with E-state index in [2.05, 4.69) is 0 Å². The first kappa shape index (κ1) is 11.0. The van der Waals surface area contributed by atoms with Gasteiger partial charge in [0.2, 0.25) is 0 Å². The van der Waals surface area contributed by atoms with Crippen LogP contribution in [0.2, 0.25) is 0 Å². The molecule has 0 bridgehead atoms. The summed E-state index contributed by atoms with van der Waals surface area (Å²) in [7, 11) is 0. The van der Waals surface area contributed by atoms with Crippen LogP contribution in [-0.4, -0.2) is 6.54 Å². The molecule has 4 heteroatoms. The number of alkyl halides is 1. The highest BCUT2D eigenvalue weighted by Crippen LogP contribution is 2.28. The van der Waals surface area contributed by atoms with Crippen LogP contribution in [-0.2, 0) is 5.67 Å². The molecular formula is C10H12F3N. The number of aryl methyl sites for hydroxylation is 1. The minimum atomic E-state index is -1.96. The molecule has 1 unspecified atom stereocenters. The predicted molar refractivity (Wildman–Crippen MR) is 48.6 cm³/mol. The zero-order valence-electron chi connectivity index (χ0n) is 8.07. The SMILES string of the molecule is Cc1cc(C(C)(F)CN)c(F)cc1F. The normalized spacial score (nSPS) is 15.3. The third-order valence-electron chi connectivity index (χ3n) is 2.19. The zero-order chi connectivity index (χ0) is 10.9. The minimum Gasteiger partial charge on any atom is -0.327 e. The van der Waals surface area contributed by atoms with Crippen molar-refractivity contribution < 1.29 is 13.2 Å². The first-order valence-electron chi connectivity index (χ1n) is 4.23. The first-order valence-corrected chi connectivity index (χ1v) is 4.23. The van der Waals surface area contributed by atoms with Crippen LogP contribution < -0.4 is 5.73 Å². The fraction of sp³-hybridized carbons (Fsp3) is 0.400. The van der Waals surface area contributed by atoms with Crippen molar-refractivity contribution in [3.8, 4) is 0 Å². The van der Waals surface area contributed by atoms with Crippen LogP contribution in [0.15, 0.2) is 12.1 Å². The lowest BCUT2D eigenvalue weighted by Gasteiger charge is -2.19. The zero-order valence-corrected chi connectivity index (χ0v) is 8.07. The van der Waals surface area contributed by atoms with Gasteiger partial charge in [-0.25, -0.2) is 13.2 Å². The van der Waals surface area contributed by atoms with Crippen LogP contribution in [0.4, 0.5) is 13.2 Å². The Morgan fingerprint density at radius 2 is 1.86 bits per heavy atom. The van der Waals surface area contributed by atoms with E-state index < -0.39 is 17.3 Å². The van der Waals surface area contributed by atoms with Crippen molar-refractivity contribution in [2.75, 3.05) is 6.54 Å². The number of halogens is 3. The standard InChI is InChI=1S/C10H12F3N/c1-6-3-7(10(2,13)5-14)9(12)4-8(6)11/h3-4H,5,14H2,1-2H3. The summed E-state index contributed by atoms with van der Waals surface area (Å²) >= 11 is 0. The van der Waals surface area contributed by atoms with Gasteiger partial charge < -0.3 is 5.73 Å². The van der Waals surface area contributed by atoms with Gasteiger partial charge in [0.05, 0.1) is 0 Å². The quantitative estimate of drug-likeness (QED) is 0.784. The second-order valence-corrected chi connectivity index (χ2v) is 3.48. The van der Waals surface area contributed by atoms with Gasteiger partial charge in [-0.1, -0.05) is 0 Å². The second-order valence-electron chi connectivity index (χ2n) is 3.48. The molecule has 0 radical (unpaired) electrons. The number of hydrogen-bond donors (Lipinski definition) is 1. The summed E-state index contributed by atoms with van der Waals surface area (Å²) in [5.74, 6) is -1.58. The summed E-state index contributed by atoms with van der Waals surface area (Å²) in [4.78, 5) is 0. The third kappa shape index (κ3) is 1.90. The first-order chi connectivity index (χ1) is 6.38. The molecule has 0 heterocycles. The van der Waals surface area contributed by atoms with E-state index in [1.807, 2.05) is 0 Å². The van der Waals surface area contributed by atoms with E-state index in [9.17, 15) is 13.2 Å². The Bertz CT molecular complexity index is 347. The molecule has 0 saturated carbocycles. The van der Waals surface area contributed by atoms with Crippen molar-refractivity contribution in [3.63, 3.8) is 0 Å². The molecule has 1 atom stereocenters. The molecule has 14 heavy (non-hydrogen) atoms. The highest BCUT2D eigenvalue weighted by Gasteiger charge is 2.28. The largest absolute Gasteiger partial charge is 0.327 e. The molecule has 1 rings (SSSR count). The summed E-state index contributed by atoms with van der Waals surface area (Å²) in [6.45, 7) is 2.28. The van der Waals surface area contributed by atoms with Crippen molar-refractivity contribution in [1.82, 2.24) is 0 Å². The molecule has 0 aliphatic carbocycles. The maximum Gasteiger partial charge on any atom is 0.148 e. The van der Waals surface area contributed by atoms with E-state index in [1.54, 1.807) is 0 Å². The molecule has 0 spiro atoms. The number of rotatable bonds is 2. The van der Waals surface area contributed by atoms with E-state index in [0.717, 1.165) is 6.07 Å². The van der Waals surface area contributed by atoms with Crippen LogP contribution in [0.3, 0.4) is 0 Å². The number of nitrogens with two attached hydrogens (primary N) is 1. The van der Waals surface area contributed by atoms with Gasteiger partial charge in [0.1, 0.15) is 17.3 Å². The Labute approximate surface area is 80.7 Å². The average molecular weight is 203 g/mol. The summed E-state index contributed by atoms with van der Waals surface area (Å²) in [6.07, 6.45) is 0. The monoisotopic (exact) mass is 203 g/mol. The summed E-state index contributed by atoms with van der Waals surface area (Å²) < 4.78 is 39.7. The molecule has 0 aliphatic rings. The highest BCUT2D eigenvalue weighted by molar-refractivity contribution is 5.30. The Hall–Kier alpha value is -1.03. The van der Waals surface area contributed by atoms with Gasteiger partial charge in [0, 0.05) is 18.2 Å². The fourth-order valence-corrected chi connectivity index (χ4v) is 1.17.